The average molecular weight is 381 g/mol. The number of hydrogen-bond donors (Lipinski definition) is 0. The summed E-state index contributed by atoms with van der Waals surface area (Å²) >= 11 is 0. The Morgan fingerprint density at radius 1 is 0.893 bits per heavy atom. The van der Waals surface area contributed by atoms with Crippen molar-refractivity contribution >= 4 is 23.4 Å². The van der Waals surface area contributed by atoms with Crippen LogP contribution in [0.3, 0.4) is 0 Å². The topological polar surface area (TPSA) is 60.9 Å². The number of nitrogens with zero attached hydrogens (tertiary/aromatic N) is 3. The molecule has 0 radical (unpaired) electrons. The van der Waals surface area contributed by atoms with Crippen LogP contribution in [0.25, 0.3) is 0 Å². The molecule has 1 atom stereocenters. The minimum absolute atomic E-state index is 0.0190. The molecule has 6 nitrogen and oxygen atoms in total. The van der Waals surface area contributed by atoms with Gasteiger partial charge in [-0.05, 0) is 57.1 Å². The number of rotatable bonds is 3. The fourth-order valence-corrected chi connectivity index (χ4v) is 4.98. The highest BCUT2D eigenvalue weighted by atomic mass is 16.2. The van der Waals surface area contributed by atoms with Gasteiger partial charge in [0.05, 0.1) is 22.7 Å². The third-order valence-corrected chi connectivity index (χ3v) is 6.62. The Hall–Kier alpha value is -2.37. The van der Waals surface area contributed by atoms with E-state index in [9.17, 15) is 14.4 Å². The van der Waals surface area contributed by atoms with Gasteiger partial charge in [0.1, 0.15) is 0 Å². The molecule has 3 amide bonds. The van der Waals surface area contributed by atoms with E-state index in [-0.39, 0.29) is 29.7 Å². The number of anilines is 1. The van der Waals surface area contributed by atoms with Crippen LogP contribution in [0.4, 0.5) is 5.69 Å². The summed E-state index contributed by atoms with van der Waals surface area (Å²) in [6, 6.07) is 5.65. The van der Waals surface area contributed by atoms with E-state index in [0.717, 1.165) is 63.8 Å². The molecule has 3 aliphatic heterocycles. The number of likely N-dealkylation sites (tertiary alicyclic amines) is 1. The Morgan fingerprint density at radius 3 is 2.43 bits per heavy atom. The highest BCUT2D eigenvalue weighted by Crippen LogP contribution is 2.39. The third-order valence-electron chi connectivity index (χ3n) is 6.62. The maximum Gasteiger partial charge on any atom is 0.263 e. The first-order valence-corrected chi connectivity index (χ1v) is 10.7. The number of piperidine rings is 2. The summed E-state index contributed by atoms with van der Waals surface area (Å²) < 4.78 is 0. The van der Waals surface area contributed by atoms with E-state index < -0.39 is 0 Å². The first-order valence-electron chi connectivity index (χ1n) is 10.7. The second kappa shape index (κ2) is 6.90. The van der Waals surface area contributed by atoms with Gasteiger partial charge in [0.25, 0.3) is 11.8 Å². The van der Waals surface area contributed by atoms with Gasteiger partial charge in [-0.2, -0.15) is 0 Å². The lowest BCUT2D eigenvalue weighted by Crippen LogP contribution is -2.46. The van der Waals surface area contributed by atoms with Gasteiger partial charge in [0.15, 0.2) is 0 Å². The molecule has 0 aromatic heterocycles. The fourth-order valence-electron chi connectivity index (χ4n) is 4.98. The number of imide groups is 1. The number of hydrogen-bond acceptors (Lipinski definition) is 4. The molecule has 3 heterocycles. The van der Waals surface area contributed by atoms with E-state index in [1.54, 1.807) is 6.07 Å². The molecular weight excluding hydrogens is 354 g/mol. The summed E-state index contributed by atoms with van der Waals surface area (Å²) in [4.78, 5) is 44.4. The second-order valence-electron chi connectivity index (χ2n) is 8.58. The van der Waals surface area contributed by atoms with Crippen LogP contribution in [-0.2, 0) is 4.79 Å². The lowest BCUT2D eigenvalue weighted by atomic mass is 9.94. The number of carbonyl (C=O) groups excluding carboxylic acids is 3. The van der Waals surface area contributed by atoms with Crippen molar-refractivity contribution in [3.8, 4) is 0 Å². The zero-order valence-electron chi connectivity index (χ0n) is 16.2. The van der Waals surface area contributed by atoms with Crippen molar-refractivity contribution in [3.05, 3.63) is 29.3 Å². The summed E-state index contributed by atoms with van der Waals surface area (Å²) in [5, 5.41) is 0. The van der Waals surface area contributed by atoms with E-state index in [1.807, 2.05) is 17.0 Å². The third kappa shape index (κ3) is 2.90. The second-order valence-corrected chi connectivity index (χ2v) is 8.58. The van der Waals surface area contributed by atoms with Gasteiger partial charge in [0.2, 0.25) is 5.91 Å². The molecule has 1 saturated carbocycles. The van der Waals surface area contributed by atoms with E-state index >= 15 is 0 Å². The molecule has 0 N–H and O–H groups in total. The zero-order chi connectivity index (χ0) is 19.3. The quantitative estimate of drug-likeness (QED) is 0.756. The van der Waals surface area contributed by atoms with Gasteiger partial charge >= 0.3 is 0 Å². The van der Waals surface area contributed by atoms with Gasteiger partial charge < -0.3 is 9.80 Å². The largest absolute Gasteiger partial charge is 0.370 e. The van der Waals surface area contributed by atoms with Crippen LogP contribution < -0.4 is 4.90 Å². The van der Waals surface area contributed by atoms with Crippen LogP contribution in [0.1, 0.15) is 65.7 Å². The van der Waals surface area contributed by atoms with Crippen LogP contribution in [0, 0.1) is 5.92 Å². The van der Waals surface area contributed by atoms with Crippen LogP contribution in [0.5, 0.6) is 0 Å². The molecule has 1 aromatic carbocycles. The minimum atomic E-state index is -0.151. The van der Waals surface area contributed by atoms with Gasteiger partial charge in [-0.3, -0.25) is 19.3 Å². The number of carbonyl (C=O) groups is 3. The molecule has 5 rings (SSSR count). The van der Waals surface area contributed by atoms with Crippen molar-refractivity contribution in [2.45, 2.75) is 51.0 Å². The van der Waals surface area contributed by atoms with Crippen molar-refractivity contribution in [2.75, 3.05) is 31.1 Å². The van der Waals surface area contributed by atoms with Crippen molar-refractivity contribution < 1.29 is 14.4 Å². The molecule has 148 valence electrons. The monoisotopic (exact) mass is 381 g/mol. The summed E-state index contributed by atoms with van der Waals surface area (Å²) in [5.74, 6) is -0.0571. The summed E-state index contributed by atoms with van der Waals surface area (Å²) in [6.45, 7) is 3.21. The number of fused-ring (bicyclic) bond motifs is 1. The molecule has 2 saturated heterocycles. The molecule has 3 fully saturated rings. The number of benzene rings is 1. The van der Waals surface area contributed by atoms with Crippen molar-refractivity contribution in [2.24, 2.45) is 5.92 Å². The maximum atomic E-state index is 13.0. The van der Waals surface area contributed by atoms with E-state index in [0.29, 0.717) is 17.7 Å². The highest BCUT2D eigenvalue weighted by Gasteiger charge is 2.46. The SMILES string of the molecule is O=C(C1CCCN(c2cccc3c2C(=O)N(C2CC2)C3=O)C1)N1CCCCC1. The van der Waals surface area contributed by atoms with Crippen molar-refractivity contribution in [1.82, 2.24) is 9.80 Å². The predicted molar refractivity (Wildman–Crippen MR) is 105 cm³/mol. The maximum absolute atomic E-state index is 13.0. The molecule has 0 spiro atoms. The van der Waals surface area contributed by atoms with Gasteiger partial charge in [-0.1, -0.05) is 6.07 Å². The fraction of sp³-hybridized carbons (Fsp3) is 0.591. The summed E-state index contributed by atoms with van der Waals surface area (Å²) in [6.07, 6.45) is 7.08. The Kier molecular flexibility index (Phi) is 4.37. The van der Waals surface area contributed by atoms with Gasteiger partial charge in [0, 0.05) is 32.2 Å². The molecule has 28 heavy (non-hydrogen) atoms. The normalized spacial score (nSPS) is 25.3. The molecule has 1 aromatic rings. The first-order chi connectivity index (χ1) is 13.6. The van der Waals surface area contributed by atoms with Crippen LogP contribution in [-0.4, -0.2) is 59.7 Å². The van der Waals surface area contributed by atoms with E-state index in [4.69, 9.17) is 0 Å². The van der Waals surface area contributed by atoms with E-state index in [2.05, 4.69) is 4.90 Å². The standard InChI is InChI=1S/C22H27N3O3/c26-20(23-11-2-1-3-12-23)15-6-5-13-24(14-15)18-8-4-7-17-19(18)22(28)25(21(17)27)16-9-10-16/h4,7-8,15-16H,1-3,5-6,9-14H2. The average Bonchev–Trinajstić information content (AvgIpc) is 3.54. The van der Waals surface area contributed by atoms with Crippen LogP contribution >= 0.6 is 0 Å². The van der Waals surface area contributed by atoms with Crippen LogP contribution in [0.2, 0.25) is 0 Å². The molecule has 1 aliphatic carbocycles. The Bertz CT molecular complexity index is 826. The van der Waals surface area contributed by atoms with Crippen molar-refractivity contribution in [1.29, 1.82) is 0 Å². The summed E-state index contributed by atoms with van der Waals surface area (Å²) in [5.41, 5.74) is 1.90. The number of amides is 3. The molecule has 4 aliphatic rings. The van der Waals surface area contributed by atoms with Gasteiger partial charge in [-0.25, -0.2) is 0 Å². The first kappa shape index (κ1) is 17.7. The minimum Gasteiger partial charge on any atom is -0.370 e. The molecule has 0 bridgehead atoms. The van der Waals surface area contributed by atoms with Gasteiger partial charge in [-0.15, -0.1) is 0 Å². The lowest BCUT2D eigenvalue weighted by molar-refractivity contribution is -0.136. The molecule has 1 unspecified atom stereocenters. The Labute approximate surface area is 165 Å². The Balaban J connectivity index is 1.39. The zero-order valence-corrected chi connectivity index (χ0v) is 16.2. The van der Waals surface area contributed by atoms with E-state index in [1.165, 1.54) is 11.3 Å². The smallest absolute Gasteiger partial charge is 0.263 e. The highest BCUT2D eigenvalue weighted by molar-refractivity contribution is 6.24. The lowest BCUT2D eigenvalue weighted by Gasteiger charge is -2.37. The Morgan fingerprint density at radius 2 is 1.68 bits per heavy atom. The predicted octanol–water partition coefficient (Wildman–Crippen LogP) is 2.67. The summed E-state index contributed by atoms with van der Waals surface area (Å²) in [7, 11) is 0. The van der Waals surface area contributed by atoms with Crippen molar-refractivity contribution in [3.63, 3.8) is 0 Å². The van der Waals surface area contributed by atoms with Crippen LogP contribution in [0.15, 0.2) is 18.2 Å². The molecular formula is C22H27N3O3. The molecule has 6 heteroatoms.